The van der Waals surface area contributed by atoms with Gasteiger partial charge < -0.3 is 9.84 Å². The molecule has 0 aromatic heterocycles. The zero-order valence-electron chi connectivity index (χ0n) is 27.4. The van der Waals surface area contributed by atoms with E-state index in [1.165, 1.54) is 83.5 Å². The van der Waals surface area contributed by atoms with Crippen LogP contribution in [0.4, 0.5) is 0 Å². The van der Waals surface area contributed by atoms with E-state index in [0.717, 1.165) is 36.0 Å². The second-order valence-electron chi connectivity index (χ2n) is 13.2. The van der Waals surface area contributed by atoms with Gasteiger partial charge >= 0.3 is 5.97 Å². The molecule has 0 radical (unpaired) electrons. The van der Waals surface area contributed by atoms with Gasteiger partial charge in [0, 0.05) is 5.56 Å². The molecule has 2 rings (SSSR count). The van der Waals surface area contributed by atoms with Gasteiger partial charge in [0.05, 0.1) is 0 Å². The highest BCUT2D eigenvalue weighted by atomic mass is 16.5. The number of rotatable bonds is 23. The predicted molar refractivity (Wildman–Crippen MR) is 180 cm³/mol. The summed E-state index contributed by atoms with van der Waals surface area (Å²) < 4.78 is 6.08. The monoisotopic (exact) mass is 576 g/mol. The van der Waals surface area contributed by atoms with E-state index < -0.39 is 11.4 Å². The lowest BCUT2D eigenvalue weighted by Gasteiger charge is -2.34. The summed E-state index contributed by atoms with van der Waals surface area (Å²) in [7, 11) is 0. The number of carboxylic acid groups (broad SMARTS) is 1. The van der Waals surface area contributed by atoms with Crippen molar-refractivity contribution in [3.8, 4) is 5.75 Å². The summed E-state index contributed by atoms with van der Waals surface area (Å²) in [5, 5.41) is 10.9. The average Bonchev–Trinajstić information content (AvgIpc) is 2.97. The highest BCUT2D eigenvalue weighted by Gasteiger charge is 2.44. The number of ether oxygens (including phenoxy) is 1. The van der Waals surface area contributed by atoms with E-state index in [9.17, 15) is 9.90 Å². The van der Waals surface area contributed by atoms with Crippen molar-refractivity contribution >= 4 is 5.97 Å². The second kappa shape index (κ2) is 19.6. The normalized spacial score (nSPS) is 13.0. The molecule has 0 bridgehead atoms. The van der Waals surface area contributed by atoms with Crippen molar-refractivity contribution in [2.75, 3.05) is 6.61 Å². The quantitative estimate of drug-likeness (QED) is 0.106. The summed E-state index contributed by atoms with van der Waals surface area (Å²) in [5.74, 6) is -0.185. The van der Waals surface area contributed by atoms with Crippen molar-refractivity contribution in [2.24, 2.45) is 0 Å². The van der Waals surface area contributed by atoms with Gasteiger partial charge in [-0.25, -0.2) is 0 Å². The molecule has 1 atom stereocenters. The van der Waals surface area contributed by atoms with Gasteiger partial charge in [0.1, 0.15) is 17.8 Å². The fraction of sp³-hybridized carbons (Fsp3) is 0.615. The van der Waals surface area contributed by atoms with Crippen LogP contribution >= 0.6 is 0 Å². The van der Waals surface area contributed by atoms with Crippen LogP contribution in [0.2, 0.25) is 0 Å². The molecule has 42 heavy (non-hydrogen) atoms. The molecule has 3 nitrogen and oxygen atoms in total. The first-order chi connectivity index (χ1) is 20.3. The Hall–Kier alpha value is -2.55. The molecule has 234 valence electrons. The van der Waals surface area contributed by atoms with Crippen LogP contribution in [0.25, 0.3) is 0 Å². The number of benzene rings is 2. The molecular formula is C39H60O3. The van der Waals surface area contributed by atoms with E-state index >= 15 is 0 Å². The Morgan fingerprint density at radius 1 is 0.738 bits per heavy atom. The summed E-state index contributed by atoms with van der Waals surface area (Å²) in [6.07, 6.45) is 23.0. The Bertz CT molecular complexity index is 1020. The molecule has 2 aromatic carbocycles. The van der Waals surface area contributed by atoms with E-state index in [1.807, 2.05) is 36.4 Å². The van der Waals surface area contributed by atoms with E-state index in [4.69, 9.17) is 4.74 Å². The van der Waals surface area contributed by atoms with Crippen molar-refractivity contribution in [3.63, 3.8) is 0 Å². The Balaban J connectivity index is 1.97. The summed E-state index contributed by atoms with van der Waals surface area (Å²) in [6, 6.07) is 15.8. The minimum Gasteiger partial charge on any atom is -0.489 e. The largest absolute Gasteiger partial charge is 0.489 e. The molecule has 0 saturated carbocycles. The third kappa shape index (κ3) is 11.6. The third-order valence-corrected chi connectivity index (χ3v) is 8.70. The fourth-order valence-corrected chi connectivity index (χ4v) is 6.05. The maximum atomic E-state index is 13.3. The molecule has 0 aliphatic heterocycles. The van der Waals surface area contributed by atoms with Crippen molar-refractivity contribution in [1.29, 1.82) is 0 Å². The molecule has 2 aromatic rings. The van der Waals surface area contributed by atoms with Crippen LogP contribution in [0, 0.1) is 0 Å². The summed E-state index contributed by atoms with van der Waals surface area (Å²) in [5.41, 5.74) is 1.39. The van der Waals surface area contributed by atoms with Gasteiger partial charge in [-0.15, -0.1) is 0 Å². The maximum Gasteiger partial charge on any atom is 0.318 e. The van der Waals surface area contributed by atoms with Crippen molar-refractivity contribution in [1.82, 2.24) is 0 Å². The molecule has 0 aliphatic rings. The van der Waals surface area contributed by atoms with Gasteiger partial charge in [-0.05, 0) is 29.0 Å². The van der Waals surface area contributed by atoms with E-state index in [-0.39, 0.29) is 5.41 Å². The first kappa shape index (κ1) is 35.6. The van der Waals surface area contributed by atoms with E-state index in [1.54, 1.807) is 6.08 Å². The molecule has 0 saturated heterocycles. The van der Waals surface area contributed by atoms with Gasteiger partial charge in [-0.1, -0.05) is 186 Å². The SMILES string of the molecule is C=CCOc1ccc(C(C)(C)C)cc1C(CCCCCCCCCCCCCCCCCC)(C(=O)O)c1ccccc1. The number of carbonyl (C=O) groups is 1. The van der Waals surface area contributed by atoms with Gasteiger partial charge in [0.25, 0.3) is 0 Å². The average molecular weight is 577 g/mol. The highest BCUT2D eigenvalue weighted by molar-refractivity contribution is 5.87. The van der Waals surface area contributed by atoms with Gasteiger partial charge in [-0.2, -0.15) is 0 Å². The summed E-state index contributed by atoms with van der Waals surface area (Å²) in [4.78, 5) is 13.3. The van der Waals surface area contributed by atoms with Crippen LogP contribution in [-0.2, 0) is 15.6 Å². The number of hydrogen-bond donors (Lipinski definition) is 1. The van der Waals surface area contributed by atoms with Gasteiger partial charge in [0.15, 0.2) is 0 Å². The molecule has 0 spiro atoms. The Kier molecular flexibility index (Phi) is 16.6. The van der Waals surface area contributed by atoms with Crippen molar-refractivity contribution < 1.29 is 14.6 Å². The number of unbranched alkanes of at least 4 members (excludes halogenated alkanes) is 15. The molecular weight excluding hydrogens is 516 g/mol. The minimum atomic E-state index is -1.17. The standard InChI is InChI=1S/C39H60O3/c1-6-8-9-10-11-12-13-14-15-16-17-18-19-20-21-25-30-39(37(40)41,33-26-23-22-24-27-33)35-32-34(38(3,4)5)28-29-36(35)42-31-7-2/h7,22-24,26-29,32H,2,6,8-21,25,30-31H2,1,3-5H3,(H,40,41). The van der Waals surface area contributed by atoms with Crippen LogP contribution in [0.3, 0.4) is 0 Å². The topological polar surface area (TPSA) is 46.5 Å². The second-order valence-corrected chi connectivity index (χ2v) is 13.2. The number of aliphatic carboxylic acids is 1. The lowest BCUT2D eigenvalue weighted by molar-refractivity contribution is -0.142. The molecule has 0 amide bonds. The van der Waals surface area contributed by atoms with Crippen LogP contribution in [-0.4, -0.2) is 17.7 Å². The predicted octanol–water partition coefficient (Wildman–Crippen LogP) is 11.6. The lowest BCUT2D eigenvalue weighted by atomic mass is 9.69. The first-order valence-electron chi connectivity index (χ1n) is 16.9. The fourth-order valence-electron chi connectivity index (χ4n) is 6.05. The third-order valence-electron chi connectivity index (χ3n) is 8.70. The van der Waals surface area contributed by atoms with E-state index in [0.29, 0.717) is 18.8 Å². The maximum absolute atomic E-state index is 13.3. The lowest BCUT2D eigenvalue weighted by Crippen LogP contribution is -2.38. The van der Waals surface area contributed by atoms with Crippen LogP contribution in [0.15, 0.2) is 61.2 Å². The zero-order valence-corrected chi connectivity index (χ0v) is 27.4. The molecule has 0 heterocycles. The Morgan fingerprint density at radius 2 is 1.24 bits per heavy atom. The number of carboxylic acids is 1. The van der Waals surface area contributed by atoms with Crippen molar-refractivity contribution in [2.45, 2.75) is 148 Å². The molecule has 1 unspecified atom stereocenters. The Labute approximate surface area is 258 Å². The number of hydrogen-bond acceptors (Lipinski definition) is 2. The van der Waals surface area contributed by atoms with Gasteiger partial charge in [0.2, 0.25) is 0 Å². The molecule has 0 aliphatic carbocycles. The minimum absolute atomic E-state index is 0.110. The summed E-state index contributed by atoms with van der Waals surface area (Å²) in [6.45, 7) is 12.9. The summed E-state index contributed by atoms with van der Waals surface area (Å²) >= 11 is 0. The molecule has 1 N–H and O–H groups in total. The van der Waals surface area contributed by atoms with Crippen LogP contribution in [0.1, 0.15) is 154 Å². The van der Waals surface area contributed by atoms with Crippen LogP contribution in [0.5, 0.6) is 5.75 Å². The molecule has 0 fully saturated rings. The van der Waals surface area contributed by atoms with Crippen molar-refractivity contribution in [3.05, 3.63) is 77.9 Å². The van der Waals surface area contributed by atoms with Crippen LogP contribution < -0.4 is 4.74 Å². The van der Waals surface area contributed by atoms with Gasteiger partial charge in [-0.3, -0.25) is 4.79 Å². The first-order valence-corrected chi connectivity index (χ1v) is 16.9. The molecule has 3 heteroatoms. The Morgan fingerprint density at radius 3 is 1.69 bits per heavy atom. The zero-order chi connectivity index (χ0) is 30.7. The highest BCUT2D eigenvalue weighted by Crippen LogP contribution is 2.44. The van der Waals surface area contributed by atoms with E-state index in [2.05, 4.69) is 46.4 Å². The smallest absolute Gasteiger partial charge is 0.318 e.